The van der Waals surface area contributed by atoms with Crippen LogP contribution in [0, 0.1) is 40.4 Å². The van der Waals surface area contributed by atoms with Crippen LogP contribution in [0.4, 0.5) is 0 Å². The molecule has 1 N–H and O–H groups in total. The summed E-state index contributed by atoms with van der Waals surface area (Å²) < 4.78 is 11.9. The number of hydrogen-bond donors (Lipinski definition) is 1. The third-order valence-corrected chi connectivity index (χ3v) is 11.3. The predicted molar refractivity (Wildman–Crippen MR) is 144 cm³/mol. The van der Waals surface area contributed by atoms with Crippen LogP contribution in [0.2, 0.25) is 0 Å². The van der Waals surface area contributed by atoms with Gasteiger partial charge in [0.2, 0.25) is 0 Å². The van der Waals surface area contributed by atoms with Crippen molar-refractivity contribution >= 4 is 0 Å². The van der Waals surface area contributed by atoms with Gasteiger partial charge < -0.3 is 14.6 Å². The van der Waals surface area contributed by atoms with Crippen LogP contribution < -0.4 is 0 Å². The topological polar surface area (TPSA) is 38.7 Å². The molecule has 0 aromatic rings. The van der Waals surface area contributed by atoms with Gasteiger partial charge in [-0.1, -0.05) is 18.6 Å². The van der Waals surface area contributed by atoms with Crippen molar-refractivity contribution in [2.24, 2.45) is 40.4 Å². The van der Waals surface area contributed by atoms with E-state index in [0.717, 1.165) is 55.5 Å². The fourth-order valence-corrected chi connectivity index (χ4v) is 9.26. The zero-order valence-electron chi connectivity index (χ0n) is 22.3. The summed E-state index contributed by atoms with van der Waals surface area (Å²) in [6.45, 7) is 2.90. The maximum absolute atomic E-state index is 10.9. The van der Waals surface area contributed by atoms with Gasteiger partial charge in [0.1, 0.15) is 0 Å². The Morgan fingerprint density at radius 2 is 1.64 bits per heavy atom. The van der Waals surface area contributed by atoms with E-state index in [-0.39, 0.29) is 5.41 Å². The number of rotatable bonds is 7. The lowest BCUT2D eigenvalue weighted by atomic mass is 9.46. The lowest BCUT2D eigenvalue weighted by Crippen LogP contribution is -2.52. The molecule has 196 valence electrons. The maximum atomic E-state index is 10.9. The Labute approximate surface area is 218 Å². The number of ether oxygens (including phenoxy) is 2. The molecule has 0 aromatic heterocycles. The standard InChI is InChI=1S/C33H46O3/c1-32-18-15-31-29(30(32)13-11-25(32)17-21-36-28-8-4-5-9-28)12-10-26-22-24(14-19-33(26,31)23-34)16-20-35-27-6-2-3-7-27/h6,8,10,16-17,20-21,24-25,29-31,34H,2-5,7,9,11-15,18-19,22-23H2,1H3/t24?,25?,29-,30-,31+,32+,33+/m0/s1. The smallest absolute Gasteiger partial charge is 0.0992 e. The van der Waals surface area contributed by atoms with Gasteiger partial charge in [-0.15, -0.1) is 0 Å². The van der Waals surface area contributed by atoms with Gasteiger partial charge in [-0.3, -0.25) is 0 Å². The molecule has 3 nitrogen and oxygen atoms in total. The summed E-state index contributed by atoms with van der Waals surface area (Å²) in [6.07, 6.45) is 32.4. The molecule has 3 fully saturated rings. The molecule has 36 heavy (non-hydrogen) atoms. The van der Waals surface area contributed by atoms with Gasteiger partial charge in [-0.25, -0.2) is 0 Å². The van der Waals surface area contributed by atoms with Gasteiger partial charge in [-0.2, -0.15) is 0 Å². The normalized spacial score (nSPS) is 42.1. The summed E-state index contributed by atoms with van der Waals surface area (Å²) in [6, 6.07) is 0. The Morgan fingerprint density at radius 3 is 2.33 bits per heavy atom. The molecule has 7 atom stereocenters. The Bertz CT molecular complexity index is 969. The minimum atomic E-state index is 0.0232. The minimum absolute atomic E-state index is 0.0232. The minimum Gasteiger partial charge on any atom is -0.470 e. The van der Waals surface area contributed by atoms with Crippen LogP contribution >= 0.6 is 0 Å². The summed E-state index contributed by atoms with van der Waals surface area (Å²) in [7, 11) is 0. The first-order chi connectivity index (χ1) is 17.6. The largest absolute Gasteiger partial charge is 0.470 e. The molecule has 0 radical (unpaired) electrons. The molecule has 6 rings (SSSR count). The molecule has 0 amide bonds. The lowest BCUT2D eigenvalue weighted by Gasteiger charge is -2.58. The molecule has 0 bridgehead atoms. The maximum Gasteiger partial charge on any atom is 0.0992 e. The molecular formula is C33H46O3. The SMILES string of the molecule is C[C@]12CC[C@@H]3[C@@H](CC=C4CC(C=COC5=CCCC5)CC[C@@]43CO)[C@@H]1CCC2C=COC1=CCCC1. The summed E-state index contributed by atoms with van der Waals surface area (Å²) >= 11 is 0. The van der Waals surface area contributed by atoms with Crippen molar-refractivity contribution in [3.8, 4) is 0 Å². The molecule has 6 aliphatic carbocycles. The summed E-state index contributed by atoms with van der Waals surface area (Å²) in [5.41, 5.74) is 1.96. The Kier molecular flexibility index (Phi) is 6.97. The van der Waals surface area contributed by atoms with E-state index in [1.54, 1.807) is 5.57 Å². The quantitative estimate of drug-likeness (QED) is 0.288. The van der Waals surface area contributed by atoms with Crippen LogP contribution in [-0.2, 0) is 9.47 Å². The number of hydrogen-bond acceptors (Lipinski definition) is 3. The van der Waals surface area contributed by atoms with Crippen molar-refractivity contribution in [1.29, 1.82) is 0 Å². The Morgan fingerprint density at radius 1 is 0.889 bits per heavy atom. The second kappa shape index (κ2) is 10.2. The van der Waals surface area contributed by atoms with Crippen molar-refractivity contribution in [1.82, 2.24) is 0 Å². The monoisotopic (exact) mass is 490 g/mol. The fourth-order valence-electron chi connectivity index (χ4n) is 9.26. The second-order valence-corrected chi connectivity index (χ2v) is 12.9. The molecule has 0 heterocycles. The Balaban J connectivity index is 1.14. The van der Waals surface area contributed by atoms with Gasteiger partial charge >= 0.3 is 0 Å². The highest BCUT2D eigenvalue weighted by Crippen LogP contribution is 2.66. The van der Waals surface area contributed by atoms with Crippen LogP contribution in [0.3, 0.4) is 0 Å². The summed E-state index contributed by atoms with van der Waals surface area (Å²) in [5.74, 6) is 5.61. The van der Waals surface area contributed by atoms with E-state index in [1.165, 1.54) is 57.8 Å². The van der Waals surface area contributed by atoms with E-state index in [0.29, 0.717) is 29.8 Å². The zero-order valence-corrected chi connectivity index (χ0v) is 22.3. The van der Waals surface area contributed by atoms with Crippen molar-refractivity contribution in [2.45, 2.75) is 96.8 Å². The van der Waals surface area contributed by atoms with E-state index in [9.17, 15) is 5.11 Å². The first-order valence-electron chi connectivity index (χ1n) is 15.0. The van der Waals surface area contributed by atoms with Gasteiger partial charge in [-0.05, 0) is 136 Å². The highest BCUT2D eigenvalue weighted by Gasteiger charge is 2.59. The molecular weight excluding hydrogens is 444 g/mol. The first kappa shape index (κ1) is 24.6. The third-order valence-electron chi connectivity index (χ3n) is 11.3. The highest BCUT2D eigenvalue weighted by molar-refractivity contribution is 5.27. The lowest BCUT2D eigenvalue weighted by molar-refractivity contribution is -0.0634. The number of fused-ring (bicyclic) bond motifs is 5. The average molecular weight is 491 g/mol. The average Bonchev–Trinajstić information content (AvgIpc) is 3.66. The fraction of sp³-hybridized carbons (Fsp3) is 0.697. The molecule has 2 unspecified atom stereocenters. The Hall–Kier alpha value is -1.74. The second-order valence-electron chi connectivity index (χ2n) is 12.9. The van der Waals surface area contributed by atoms with Crippen LogP contribution in [-0.4, -0.2) is 11.7 Å². The van der Waals surface area contributed by atoms with Crippen molar-refractivity contribution in [3.05, 3.63) is 60.0 Å². The van der Waals surface area contributed by atoms with E-state index < -0.39 is 0 Å². The first-order valence-corrected chi connectivity index (χ1v) is 15.0. The molecule has 6 aliphatic rings. The van der Waals surface area contributed by atoms with Crippen LogP contribution in [0.25, 0.3) is 0 Å². The number of aliphatic hydroxyl groups is 1. The molecule has 0 aromatic carbocycles. The van der Waals surface area contributed by atoms with Crippen LogP contribution in [0.1, 0.15) is 96.8 Å². The molecule has 0 saturated heterocycles. The van der Waals surface area contributed by atoms with E-state index in [1.807, 2.05) is 12.5 Å². The molecule has 3 saturated carbocycles. The van der Waals surface area contributed by atoms with Crippen LogP contribution in [0.5, 0.6) is 0 Å². The van der Waals surface area contributed by atoms with E-state index in [2.05, 4.69) is 37.3 Å². The molecule has 0 spiro atoms. The summed E-state index contributed by atoms with van der Waals surface area (Å²) in [5, 5.41) is 10.9. The number of allylic oxidation sites excluding steroid dienone is 7. The van der Waals surface area contributed by atoms with Gasteiger partial charge in [0, 0.05) is 18.3 Å². The molecule has 0 aliphatic heterocycles. The van der Waals surface area contributed by atoms with Crippen molar-refractivity contribution in [3.63, 3.8) is 0 Å². The third kappa shape index (κ3) is 4.34. The van der Waals surface area contributed by atoms with E-state index >= 15 is 0 Å². The number of aliphatic hydroxyl groups excluding tert-OH is 1. The predicted octanol–water partition coefficient (Wildman–Crippen LogP) is 8.35. The van der Waals surface area contributed by atoms with Crippen molar-refractivity contribution in [2.75, 3.05) is 6.61 Å². The van der Waals surface area contributed by atoms with Gasteiger partial charge in [0.15, 0.2) is 0 Å². The van der Waals surface area contributed by atoms with Crippen molar-refractivity contribution < 1.29 is 14.6 Å². The van der Waals surface area contributed by atoms with E-state index in [4.69, 9.17) is 9.47 Å². The molecule has 3 heteroatoms. The van der Waals surface area contributed by atoms with Crippen LogP contribution in [0.15, 0.2) is 60.0 Å². The highest BCUT2D eigenvalue weighted by atomic mass is 16.5. The summed E-state index contributed by atoms with van der Waals surface area (Å²) in [4.78, 5) is 0. The van der Waals surface area contributed by atoms with Gasteiger partial charge in [0.25, 0.3) is 0 Å². The van der Waals surface area contributed by atoms with Gasteiger partial charge in [0.05, 0.1) is 30.6 Å². The zero-order chi connectivity index (χ0) is 24.6.